The zero-order chi connectivity index (χ0) is 10.7. The molecule has 0 aliphatic heterocycles. The van der Waals surface area contributed by atoms with E-state index < -0.39 is 0 Å². The van der Waals surface area contributed by atoms with Crippen LogP contribution in [0.4, 0.5) is 4.39 Å². The third-order valence-electron chi connectivity index (χ3n) is 1.88. The van der Waals surface area contributed by atoms with Crippen LogP contribution in [0.2, 0.25) is 0 Å². The summed E-state index contributed by atoms with van der Waals surface area (Å²) in [4.78, 5) is 0. The minimum Gasteiger partial charge on any atom is -0.324 e. The molecule has 0 bridgehead atoms. The van der Waals surface area contributed by atoms with Crippen LogP contribution < -0.4 is 5.73 Å². The predicted molar refractivity (Wildman–Crippen MR) is 60.5 cm³/mol. The van der Waals surface area contributed by atoms with Gasteiger partial charge < -0.3 is 5.73 Å². The highest BCUT2D eigenvalue weighted by atomic mass is 79.9. The van der Waals surface area contributed by atoms with Crippen molar-refractivity contribution in [2.75, 3.05) is 0 Å². The summed E-state index contributed by atoms with van der Waals surface area (Å²) in [5.41, 5.74) is 7.67. The van der Waals surface area contributed by atoms with E-state index in [1.54, 1.807) is 0 Å². The molecule has 0 aliphatic rings. The van der Waals surface area contributed by atoms with Gasteiger partial charge in [-0.1, -0.05) is 21.5 Å². The van der Waals surface area contributed by atoms with Gasteiger partial charge in [0.05, 0.1) is 0 Å². The van der Waals surface area contributed by atoms with Gasteiger partial charge in [0.25, 0.3) is 0 Å². The molecule has 2 N–H and O–H groups in total. The Hall–Kier alpha value is -0.670. The molecule has 0 unspecified atom stereocenters. The number of halogens is 2. The lowest BCUT2D eigenvalue weighted by atomic mass is 10.0. The van der Waals surface area contributed by atoms with E-state index in [4.69, 9.17) is 5.73 Å². The smallest absolute Gasteiger partial charge is 0.124 e. The Balaban J connectivity index is 2.89. The van der Waals surface area contributed by atoms with Gasteiger partial charge in [-0.3, -0.25) is 0 Å². The normalized spacial score (nSPS) is 12.6. The molecule has 0 spiro atoms. The molecule has 1 aromatic carbocycles. The van der Waals surface area contributed by atoms with Crippen molar-refractivity contribution in [3.63, 3.8) is 0 Å². The van der Waals surface area contributed by atoms with E-state index in [0.717, 1.165) is 11.1 Å². The molecule has 14 heavy (non-hydrogen) atoms. The molecular weight excluding hydrogens is 245 g/mol. The molecule has 0 aliphatic carbocycles. The summed E-state index contributed by atoms with van der Waals surface area (Å²) in [6.45, 7) is 5.69. The zero-order valence-electron chi connectivity index (χ0n) is 8.06. The second-order valence-electron chi connectivity index (χ2n) is 3.47. The SMILES string of the molecule is C=C(C)C[C@H](N)c1cc(F)cc(Br)c1. The monoisotopic (exact) mass is 257 g/mol. The van der Waals surface area contributed by atoms with E-state index in [0.29, 0.717) is 10.9 Å². The summed E-state index contributed by atoms with van der Waals surface area (Å²) in [5.74, 6) is -0.272. The van der Waals surface area contributed by atoms with E-state index in [1.165, 1.54) is 12.1 Å². The van der Waals surface area contributed by atoms with Crippen LogP contribution in [0.25, 0.3) is 0 Å². The molecule has 0 saturated carbocycles. The summed E-state index contributed by atoms with van der Waals surface area (Å²) in [5, 5.41) is 0. The van der Waals surface area contributed by atoms with Crippen molar-refractivity contribution >= 4 is 15.9 Å². The fourth-order valence-corrected chi connectivity index (χ4v) is 1.77. The Morgan fingerprint density at radius 1 is 1.57 bits per heavy atom. The average Bonchev–Trinajstić information content (AvgIpc) is 2.00. The molecule has 76 valence electrons. The highest BCUT2D eigenvalue weighted by molar-refractivity contribution is 9.10. The van der Waals surface area contributed by atoms with E-state index in [-0.39, 0.29) is 11.9 Å². The Morgan fingerprint density at radius 2 is 2.21 bits per heavy atom. The molecule has 3 heteroatoms. The van der Waals surface area contributed by atoms with Crippen LogP contribution in [-0.2, 0) is 0 Å². The molecule has 0 saturated heterocycles. The molecule has 1 atom stereocenters. The Bertz CT molecular complexity index is 329. The Labute approximate surface area is 91.9 Å². The molecule has 0 fully saturated rings. The summed E-state index contributed by atoms with van der Waals surface area (Å²) in [6.07, 6.45) is 0.676. The van der Waals surface area contributed by atoms with Gasteiger partial charge in [0.15, 0.2) is 0 Å². The van der Waals surface area contributed by atoms with Crippen LogP contribution in [0.3, 0.4) is 0 Å². The summed E-state index contributed by atoms with van der Waals surface area (Å²) >= 11 is 3.23. The zero-order valence-corrected chi connectivity index (χ0v) is 9.64. The van der Waals surface area contributed by atoms with Gasteiger partial charge in [-0.25, -0.2) is 4.39 Å². The second kappa shape index (κ2) is 4.71. The van der Waals surface area contributed by atoms with E-state index >= 15 is 0 Å². The number of rotatable bonds is 3. The lowest BCUT2D eigenvalue weighted by molar-refractivity contribution is 0.617. The molecule has 1 nitrogen and oxygen atoms in total. The number of benzene rings is 1. The first-order valence-corrected chi connectivity index (χ1v) is 5.14. The van der Waals surface area contributed by atoms with Crippen LogP contribution in [0.15, 0.2) is 34.8 Å². The van der Waals surface area contributed by atoms with Gasteiger partial charge in [0.2, 0.25) is 0 Å². The van der Waals surface area contributed by atoms with Crippen molar-refractivity contribution in [2.24, 2.45) is 5.73 Å². The van der Waals surface area contributed by atoms with Crippen molar-refractivity contribution in [2.45, 2.75) is 19.4 Å². The van der Waals surface area contributed by atoms with Crippen molar-refractivity contribution in [1.82, 2.24) is 0 Å². The third-order valence-corrected chi connectivity index (χ3v) is 2.34. The number of nitrogens with two attached hydrogens (primary N) is 1. The first kappa shape index (κ1) is 11.4. The van der Waals surface area contributed by atoms with E-state index in [9.17, 15) is 4.39 Å². The maximum atomic E-state index is 13.0. The highest BCUT2D eigenvalue weighted by Crippen LogP contribution is 2.22. The first-order valence-electron chi connectivity index (χ1n) is 4.35. The highest BCUT2D eigenvalue weighted by Gasteiger charge is 2.08. The van der Waals surface area contributed by atoms with Gasteiger partial charge in [0, 0.05) is 10.5 Å². The third kappa shape index (κ3) is 3.24. The second-order valence-corrected chi connectivity index (χ2v) is 4.39. The lowest BCUT2D eigenvalue weighted by Gasteiger charge is -2.12. The van der Waals surface area contributed by atoms with Crippen LogP contribution >= 0.6 is 15.9 Å². The molecule has 1 rings (SSSR count). The molecule has 0 radical (unpaired) electrons. The van der Waals surface area contributed by atoms with Gasteiger partial charge in [0.1, 0.15) is 5.82 Å². The lowest BCUT2D eigenvalue weighted by Crippen LogP contribution is -2.10. The van der Waals surface area contributed by atoms with Gasteiger partial charge in [-0.05, 0) is 37.1 Å². The molecule has 1 aromatic rings. The van der Waals surface area contributed by atoms with Crippen LogP contribution in [0.1, 0.15) is 24.9 Å². The molecular formula is C11H13BrFN. The minimum absolute atomic E-state index is 0.181. The van der Waals surface area contributed by atoms with Crippen molar-refractivity contribution in [3.05, 3.63) is 46.2 Å². The Kier molecular flexibility index (Phi) is 3.84. The maximum absolute atomic E-state index is 13.0. The molecule has 0 heterocycles. The summed E-state index contributed by atoms with van der Waals surface area (Å²) in [6, 6.07) is 4.52. The summed E-state index contributed by atoms with van der Waals surface area (Å²) < 4.78 is 13.7. The summed E-state index contributed by atoms with van der Waals surface area (Å²) in [7, 11) is 0. The van der Waals surface area contributed by atoms with Crippen LogP contribution in [0, 0.1) is 5.82 Å². The largest absolute Gasteiger partial charge is 0.324 e. The van der Waals surface area contributed by atoms with E-state index in [2.05, 4.69) is 22.5 Å². The molecule has 0 aromatic heterocycles. The van der Waals surface area contributed by atoms with Gasteiger partial charge in [-0.2, -0.15) is 0 Å². The molecule has 0 amide bonds. The standard InChI is InChI=1S/C11H13BrFN/c1-7(2)3-11(14)8-4-9(12)6-10(13)5-8/h4-6,11H,1,3,14H2,2H3/t11-/m0/s1. The first-order chi connectivity index (χ1) is 6.49. The average molecular weight is 258 g/mol. The Morgan fingerprint density at radius 3 is 2.71 bits per heavy atom. The topological polar surface area (TPSA) is 26.0 Å². The van der Waals surface area contributed by atoms with Crippen molar-refractivity contribution in [3.8, 4) is 0 Å². The maximum Gasteiger partial charge on any atom is 0.124 e. The number of hydrogen-bond acceptors (Lipinski definition) is 1. The van der Waals surface area contributed by atoms with Gasteiger partial charge >= 0.3 is 0 Å². The number of hydrogen-bond donors (Lipinski definition) is 1. The van der Waals surface area contributed by atoms with Crippen LogP contribution in [-0.4, -0.2) is 0 Å². The fourth-order valence-electron chi connectivity index (χ4n) is 1.28. The predicted octanol–water partition coefficient (Wildman–Crippen LogP) is 3.55. The van der Waals surface area contributed by atoms with E-state index in [1.807, 2.05) is 13.0 Å². The van der Waals surface area contributed by atoms with Crippen molar-refractivity contribution in [1.29, 1.82) is 0 Å². The van der Waals surface area contributed by atoms with Gasteiger partial charge in [-0.15, -0.1) is 6.58 Å². The van der Waals surface area contributed by atoms with Crippen LogP contribution in [0.5, 0.6) is 0 Å². The fraction of sp³-hybridized carbons (Fsp3) is 0.273. The quantitative estimate of drug-likeness (QED) is 0.824. The van der Waals surface area contributed by atoms with Crippen molar-refractivity contribution < 1.29 is 4.39 Å². The minimum atomic E-state index is -0.272.